The molecule has 1 atom stereocenters. The monoisotopic (exact) mass is 512 g/mol. The van der Waals surface area contributed by atoms with Crippen molar-refractivity contribution >= 4 is 34.3 Å². The highest BCUT2D eigenvalue weighted by atomic mass is 35.5. The summed E-state index contributed by atoms with van der Waals surface area (Å²) in [5, 5.41) is 14.0. The highest BCUT2D eigenvalue weighted by Crippen LogP contribution is 2.35. The second-order valence-electron chi connectivity index (χ2n) is 8.89. The van der Waals surface area contributed by atoms with Gasteiger partial charge >= 0.3 is 0 Å². The lowest BCUT2D eigenvalue weighted by molar-refractivity contribution is 0.473. The molecular formula is C28H25ClN6O2. The highest BCUT2D eigenvalue weighted by molar-refractivity contribution is 6.35. The van der Waals surface area contributed by atoms with Crippen LogP contribution in [0.3, 0.4) is 0 Å². The summed E-state index contributed by atoms with van der Waals surface area (Å²) in [6.07, 6.45) is 2.18. The number of benzene rings is 3. The number of phenols is 1. The van der Waals surface area contributed by atoms with Gasteiger partial charge in [-0.15, -0.1) is 0 Å². The number of rotatable bonds is 6. The molecule has 0 aliphatic heterocycles. The van der Waals surface area contributed by atoms with E-state index in [0.29, 0.717) is 45.2 Å². The summed E-state index contributed by atoms with van der Waals surface area (Å²) < 4.78 is 1.59. The average Bonchev–Trinajstić information content (AvgIpc) is 2.90. The normalized spacial score (nSPS) is 12.8. The van der Waals surface area contributed by atoms with Crippen molar-refractivity contribution in [2.45, 2.75) is 25.8 Å². The summed E-state index contributed by atoms with van der Waals surface area (Å²) >= 11 is 6.45. The lowest BCUT2D eigenvalue weighted by atomic mass is 9.95. The number of nitrogen functional groups attached to an aromatic ring is 1. The first-order valence-electron chi connectivity index (χ1n) is 11.8. The zero-order chi connectivity index (χ0) is 26.2. The Morgan fingerprint density at radius 1 is 1.03 bits per heavy atom. The van der Waals surface area contributed by atoms with Crippen molar-refractivity contribution in [2.75, 3.05) is 11.1 Å². The largest absolute Gasteiger partial charge is 0.508 e. The van der Waals surface area contributed by atoms with Crippen molar-refractivity contribution < 1.29 is 5.11 Å². The van der Waals surface area contributed by atoms with Crippen molar-refractivity contribution in [3.63, 3.8) is 0 Å². The van der Waals surface area contributed by atoms with Crippen LogP contribution in [-0.4, -0.2) is 24.6 Å². The molecule has 5 rings (SSSR count). The molecule has 0 radical (unpaired) electrons. The van der Waals surface area contributed by atoms with E-state index in [4.69, 9.17) is 22.3 Å². The van der Waals surface area contributed by atoms with Crippen molar-refractivity contribution in [2.24, 2.45) is 0 Å². The first-order chi connectivity index (χ1) is 17.8. The Morgan fingerprint density at radius 2 is 1.76 bits per heavy atom. The van der Waals surface area contributed by atoms with Crippen LogP contribution in [-0.2, 0) is 5.54 Å². The SMILES string of the molecule is CCC(C)(Nc1nc(N)ncc1-c1ccc(O)cc1)c1nc2cccc(Cl)c2c(=O)n1-c1ccccc1. The average molecular weight is 513 g/mol. The van der Waals surface area contributed by atoms with E-state index in [2.05, 4.69) is 15.3 Å². The number of halogens is 1. The molecule has 8 nitrogen and oxygen atoms in total. The van der Waals surface area contributed by atoms with Crippen LogP contribution in [0.15, 0.2) is 83.8 Å². The summed E-state index contributed by atoms with van der Waals surface area (Å²) in [5.74, 6) is 1.22. The zero-order valence-electron chi connectivity index (χ0n) is 20.3. The third kappa shape index (κ3) is 4.47. The van der Waals surface area contributed by atoms with E-state index in [1.807, 2.05) is 44.2 Å². The third-order valence-electron chi connectivity index (χ3n) is 6.44. The summed E-state index contributed by atoms with van der Waals surface area (Å²) in [7, 11) is 0. The van der Waals surface area contributed by atoms with Crippen LogP contribution in [0.5, 0.6) is 5.75 Å². The molecule has 0 saturated carbocycles. The van der Waals surface area contributed by atoms with Gasteiger partial charge in [0.15, 0.2) is 0 Å². The number of fused-ring (bicyclic) bond motifs is 1. The molecule has 1 unspecified atom stereocenters. The molecule has 2 aromatic heterocycles. The molecule has 37 heavy (non-hydrogen) atoms. The second kappa shape index (κ2) is 9.55. The molecule has 186 valence electrons. The van der Waals surface area contributed by atoms with Crippen LogP contribution in [0, 0.1) is 0 Å². The molecule has 0 bridgehead atoms. The number of phenolic OH excluding ortho intramolecular Hbond substituents is 1. The summed E-state index contributed by atoms with van der Waals surface area (Å²) in [6.45, 7) is 3.96. The molecule has 2 heterocycles. The molecule has 0 aliphatic rings. The lowest BCUT2D eigenvalue weighted by Gasteiger charge is -2.33. The third-order valence-corrected chi connectivity index (χ3v) is 6.76. The van der Waals surface area contributed by atoms with Gasteiger partial charge in [0.2, 0.25) is 5.95 Å². The molecule has 4 N–H and O–H groups in total. The fourth-order valence-corrected chi connectivity index (χ4v) is 4.53. The second-order valence-corrected chi connectivity index (χ2v) is 9.30. The molecular weight excluding hydrogens is 488 g/mol. The Morgan fingerprint density at radius 3 is 2.46 bits per heavy atom. The molecule has 0 amide bonds. The standard InChI is InChI=1S/C28H25ClN6O2/c1-3-28(2,34-24-20(16-31-27(30)33-24)17-12-14-19(36)15-13-17)26-32-22-11-7-10-21(29)23(22)25(37)35(26)18-8-5-4-6-9-18/h4-16,36H,3H2,1-2H3,(H3,30,31,33,34). The predicted octanol–water partition coefficient (Wildman–Crippen LogP) is 5.52. The maximum absolute atomic E-state index is 13.9. The van der Waals surface area contributed by atoms with Gasteiger partial charge in [0.1, 0.15) is 17.4 Å². The molecule has 5 aromatic rings. The Balaban J connectivity index is 1.75. The number of nitrogens with two attached hydrogens (primary N) is 1. The summed E-state index contributed by atoms with van der Waals surface area (Å²) in [6, 6.07) is 21.3. The minimum Gasteiger partial charge on any atom is -0.508 e. The number of anilines is 2. The number of nitrogens with one attached hydrogen (secondary N) is 1. The van der Waals surface area contributed by atoms with Crippen molar-refractivity contribution in [3.8, 4) is 22.6 Å². The molecule has 0 fully saturated rings. The maximum Gasteiger partial charge on any atom is 0.267 e. The van der Waals surface area contributed by atoms with E-state index in [0.717, 1.165) is 5.56 Å². The van der Waals surface area contributed by atoms with Crippen LogP contribution < -0.4 is 16.6 Å². The van der Waals surface area contributed by atoms with Gasteiger partial charge in [-0.3, -0.25) is 9.36 Å². The van der Waals surface area contributed by atoms with Crippen LogP contribution in [0.4, 0.5) is 11.8 Å². The van der Waals surface area contributed by atoms with E-state index < -0.39 is 5.54 Å². The van der Waals surface area contributed by atoms with Crippen LogP contribution >= 0.6 is 11.6 Å². The zero-order valence-corrected chi connectivity index (χ0v) is 21.1. The predicted molar refractivity (Wildman–Crippen MR) is 147 cm³/mol. The van der Waals surface area contributed by atoms with Crippen LogP contribution in [0.1, 0.15) is 26.1 Å². The van der Waals surface area contributed by atoms with Gasteiger partial charge < -0.3 is 16.2 Å². The van der Waals surface area contributed by atoms with Crippen molar-refractivity contribution in [3.05, 3.63) is 100 Å². The van der Waals surface area contributed by atoms with E-state index in [1.54, 1.807) is 53.2 Å². The fraction of sp³-hybridized carbons (Fsp3) is 0.143. The number of hydrogen-bond acceptors (Lipinski definition) is 7. The van der Waals surface area contributed by atoms with E-state index in [1.165, 1.54) is 0 Å². The van der Waals surface area contributed by atoms with Gasteiger partial charge in [-0.25, -0.2) is 9.97 Å². The first kappa shape index (κ1) is 24.3. The number of para-hydroxylation sites is 1. The Bertz CT molecular complexity index is 1650. The Kier molecular flexibility index (Phi) is 6.27. The Hall–Kier alpha value is -4.43. The lowest BCUT2D eigenvalue weighted by Crippen LogP contribution is -2.39. The number of nitrogens with zero attached hydrogens (tertiary/aromatic N) is 4. The van der Waals surface area contributed by atoms with Crippen LogP contribution in [0.2, 0.25) is 5.02 Å². The van der Waals surface area contributed by atoms with Gasteiger partial charge in [0, 0.05) is 11.8 Å². The van der Waals surface area contributed by atoms with E-state index in [-0.39, 0.29) is 17.3 Å². The number of hydrogen-bond donors (Lipinski definition) is 3. The van der Waals surface area contributed by atoms with Crippen molar-refractivity contribution in [1.82, 2.24) is 19.5 Å². The van der Waals surface area contributed by atoms with Gasteiger partial charge in [-0.1, -0.05) is 54.9 Å². The maximum atomic E-state index is 13.9. The fourth-order valence-electron chi connectivity index (χ4n) is 4.28. The van der Waals surface area contributed by atoms with E-state index in [9.17, 15) is 9.90 Å². The van der Waals surface area contributed by atoms with Gasteiger partial charge in [0.25, 0.3) is 5.56 Å². The summed E-state index contributed by atoms with van der Waals surface area (Å²) in [5.41, 5.74) is 7.49. The highest BCUT2D eigenvalue weighted by Gasteiger charge is 2.33. The molecule has 0 spiro atoms. The molecule has 0 saturated heterocycles. The smallest absolute Gasteiger partial charge is 0.267 e. The minimum atomic E-state index is -0.863. The van der Waals surface area contributed by atoms with E-state index >= 15 is 0 Å². The molecule has 9 heteroatoms. The topological polar surface area (TPSA) is 119 Å². The molecule has 0 aliphatic carbocycles. The van der Waals surface area contributed by atoms with Gasteiger partial charge in [-0.2, -0.15) is 4.98 Å². The van der Waals surface area contributed by atoms with Crippen molar-refractivity contribution in [1.29, 1.82) is 0 Å². The van der Waals surface area contributed by atoms with Gasteiger partial charge in [-0.05, 0) is 55.3 Å². The molecule has 3 aromatic carbocycles. The first-order valence-corrected chi connectivity index (χ1v) is 12.2. The van der Waals surface area contributed by atoms with Crippen LogP contribution in [0.25, 0.3) is 27.7 Å². The quantitative estimate of drug-likeness (QED) is 0.274. The van der Waals surface area contributed by atoms with Gasteiger partial charge in [0.05, 0.1) is 27.2 Å². The minimum absolute atomic E-state index is 0.0992. The Labute approximate surface area is 218 Å². The number of aromatic hydroxyl groups is 1. The summed E-state index contributed by atoms with van der Waals surface area (Å²) in [4.78, 5) is 27.5. The number of aromatic nitrogens is 4.